The standard InChI is InChI=1S/C20H25N5O2S/c1-2-6-23-19(27)20(9-14-11-28-12-24-14)10-15-3-4-16(20)25(15)18(26)13-5-7-22-17(21)8-13/h5,7-8,11-12,15-16H,2-4,6,9-10H2,1H3,(H2,21,22)(H,23,27)/t15-,16+,20+/m1/s1. The van der Waals surface area contributed by atoms with E-state index in [1.807, 2.05) is 17.2 Å². The predicted octanol–water partition coefficient (Wildman–Crippen LogP) is 2.25. The molecule has 2 aromatic rings. The zero-order valence-corrected chi connectivity index (χ0v) is 16.7. The Balaban J connectivity index is 1.66. The molecule has 4 heterocycles. The lowest BCUT2D eigenvalue weighted by atomic mass is 9.70. The van der Waals surface area contributed by atoms with Crippen LogP contribution in [0.2, 0.25) is 0 Å². The van der Waals surface area contributed by atoms with Gasteiger partial charge in [0, 0.05) is 42.2 Å². The summed E-state index contributed by atoms with van der Waals surface area (Å²) in [5.41, 5.74) is 8.39. The first-order valence-corrected chi connectivity index (χ1v) is 10.7. The van der Waals surface area contributed by atoms with E-state index in [4.69, 9.17) is 5.73 Å². The van der Waals surface area contributed by atoms with E-state index < -0.39 is 5.41 Å². The molecule has 8 heteroatoms. The van der Waals surface area contributed by atoms with E-state index in [0.29, 0.717) is 30.8 Å². The number of aromatic nitrogens is 2. The molecular weight excluding hydrogens is 374 g/mol. The molecule has 2 amide bonds. The first kappa shape index (κ1) is 18.9. The van der Waals surface area contributed by atoms with Crippen molar-refractivity contribution >= 4 is 29.0 Å². The Hall–Kier alpha value is -2.48. The fraction of sp³-hybridized carbons (Fsp3) is 0.500. The lowest BCUT2D eigenvalue weighted by molar-refractivity contribution is -0.132. The van der Waals surface area contributed by atoms with Crippen LogP contribution in [-0.2, 0) is 11.2 Å². The van der Waals surface area contributed by atoms with E-state index in [-0.39, 0.29) is 23.9 Å². The quantitative estimate of drug-likeness (QED) is 0.776. The van der Waals surface area contributed by atoms with Crippen LogP contribution in [0.3, 0.4) is 0 Å². The molecule has 3 N–H and O–H groups in total. The lowest BCUT2D eigenvalue weighted by Gasteiger charge is -2.35. The van der Waals surface area contributed by atoms with Gasteiger partial charge in [-0.15, -0.1) is 11.3 Å². The van der Waals surface area contributed by atoms with Gasteiger partial charge in [0.1, 0.15) is 5.82 Å². The summed E-state index contributed by atoms with van der Waals surface area (Å²) >= 11 is 1.53. The average Bonchev–Trinajstić information content (AvgIpc) is 3.41. The monoisotopic (exact) mass is 399 g/mol. The predicted molar refractivity (Wildman–Crippen MR) is 108 cm³/mol. The van der Waals surface area contributed by atoms with Crippen LogP contribution in [0, 0.1) is 5.41 Å². The summed E-state index contributed by atoms with van der Waals surface area (Å²) in [5.74, 6) is 0.304. The molecule has 0 saturated carbocycles. The van der Waals surface area contributed by atoms with Crippen molar-refractivity contribution in [2.75, 3.05) is 12.3 Å². The molecule has 2 aromatic heterocycles. The van der Waals surface area contributed by atoms with E-state index >= 15 is 0 Å². The van der Waals surface area contributed by atoms with E-state index in [2.05, 4.69) is 15.3 Å². The van der Waals surface area contributed by atoms with Gasteiger partial charge < -0.3 is 16.0 Å². The number of amides is 2. The third-order valence-corrected chi connectivity index (χ3v) is 6.61. The van der Waals surface area contributed by atoms with Crippen molar-refractivity contribution in [1.82, 2.24) is 20.2 Å². The number of nitrogens with one attached hydrogen (secondary N) is 1. The van der Waals surface area contributed by atoms with Crippen molar-refractivity contribution in [3.05, 3.63) is 40.5 Å². The van der Waals surface area contributed by atoms with Crippen molar-refractivity contribution in [1.29, 1.82) is 0 Å². The zero-order chi connectivity index (χ0) is 19.7. The minimum atomic E-state index is -0.625. The van der Waals surface area contributed by atoms with Crippen LogP contribution in [0.15, 0.2) is 29.2 Å². The normalized spacial score (nSPS) is 25.8. The van der Waals surface area contributed by atoms with Gasteiger partial charge in [0.15, 0.2) is 0 Å². The molecule has 2 bridgehead atoms. The van der Waals surface area contributed by atoms with Crippen LogP contribution in [0.1, 0.15) is 48.7 Å². The van der Waals surface area contributed by atoms with Crippen molar-refractivity contribution in [3.63, 3.8) is 0 Å². The lowest BCUT2D eigenvalue weighted by Crippen LogP contribution is -2.51. The number of nitrogen functional groups attached to an aromatic ring is 1. The molecule has 148 valence electrons. The van der Waals surface area contributed by atoms with Gasteiger partial charge in [-0.3, -0.25) is 9.59 Å². The van der Waals surface area contributed by atoms with E-state index in [1.54, 1.807) is 23.8 Å². The van der Waals surface area contributed by atoms with Gasteiger partial charge in [-0.2, -0.15) is 0 Å². The summed E-state index contributed by atoms with van der Waals surface area (Å²) in [4.78, 5) is 36.9. The maximum Gasteiger partial charge on any atom is 0.254 e. The molecule has 2 fully saturated rings. The maximum absolute atomic E-state index is 13.3. The highest BCUT2D eigenvalue weighted by atomic mass is 32.1. The Bertz CT molecular complexity index is 871. The SMILES string of the molecule is CCCNC(=O)[C@@]1(Cc2cscn2)C[C@H]2CC[C@@H]1N2C(=O)c1ccnc(N)c1. The molecule has 2 aliphatic rings. The van der Waals surface area contributed by atoms with Gasteiger partial charge >= 0.3 is 0 Å². The second-order valence-corrected chi connectivity index (χ2v) is 8.42. The fourth-order valence-corrected chi connectivity index (χ4v) is 5.36. The summed E-state index contributed by atoms with van der Waals surface area (Å²) in [5, 5.41) is 5.09. The van der Waals surface area contributed by atoms with Crippen LogP contribution in [0.5, 0.6) is 0 Å². The summed E-state index contributed by atoms with van der Waals surface area (Å²) in [7, 11) is 0. The number of hydrogen-bond donors (Lipinski definition) is 2. The second kappa shape index (κ2) is 7.50. The third kappa shape index (κ3) is 3.15. The van der Waals surface area contributed by atoms with Crippen molar-refractivity contribution in [3.8, 4) is 0 Å². The van der Waals surface area contributed by atoms with Crippen molar-refractivity contribution in [2.24, 2.45) is 5.41 Å². The van der Waals surface area contributed by atoms with Crippen molar-refractivity contribution < 1.29 is 9.59 Å². The number of nitrogens with two attached hydrogens (primary N) is 1. The molecular formula is C20H25N5O2S. The Morgan fingerprint density at radius 1 is 1.39 bits per heavy atom. The van der Waals surface area contributed by atoms with E-state index in [1.165, 1.54) is 11.3 Å². The highest BCUT2D eigenvalue weighted by Gasteiger charge is 2.61. The number of fused-ring (bicyclic) bond motifs is 2. The Morgan fingerprint density at radius 3 is 2.96 bits per heavy atom. The summed E-state index contributed by atoms with van der Waals surface area (Å²) in [6, 6.07) is 3.24. The molecule has 2 saturated heterocycles. The number of carbonyl (C=O) groups is 2. The Morgan fingerprint density at radius 2 is 2.25 bits per heavy atom. The van der Waals surface area contributed by atoms with Gasteiger partial charge in [-0.25, -0.2) is 9.97 Å². The number of thiazole rings is 1. The van der Waals surface area contributed by atoms with Crippen LogP contribution < -0.4 is 11.1 Å². The highest BCUT2D eigenvalue weighted by molar-refractivity contribution is 7.07. The van der Waals surface area contributed by atoms with Crippen LogP contribution in [0.4, 0.5) is 5.82 Å². The molecule has 4 rings (SSSR count). The van der Waals surface area contributed by atoms with Crippen molar-refractivity contribution in [2.45, 2.75) is 51.1 Å². The summed E-state index contributed by atoms with van der Waals surface area (Å²) < 4.78 is 0. The van der Waals surface area contributed by atoms with E-state index in [0.717, 1.165) is 25.0 Å². The molecule has 28 heavy (non-hydrogen) atoms. The zero-order valence-electron chi connectivity index (χ0n) is 15.9. The largest absolute Gasteiger partial charge is 0.384 e. The van der Waals surface area contributed by atoms with Gasteiger partial charge in [0.2, 0.25) is 5.91 Å². The first-order valence-electron chi connectivity index (χ1n) is 9.74. The first-order chi connectivity index (χ1) is 13.5. The second-order valence-electron chi connectivity index (χ2n) is 7.70. The number of rotatable bonds is 6. The highest BCUT2D eigenvalue weighted by Crippen LogP contribution is 2.52. The maximum atomic E-state index is 13.3. The minimum absolute atomic E-state index is 0.0431. The average molecular weight is 400 g/mol. The number of carbonyl (C=O) groups excluding carboxylic acids is 2. The fourth-order valence-electron chi connectivity index (χ4n) is 4.80. The third-order valence-electron chi connectivity index (χ3n) is 5.97. The summed E-state index contributed by atoms with van der Waals surface area (Å²) in [6.45, 7) is 2.68. The van der Waals surface area contributed by atoms with Gasteiger partial charge in [-0.05, 0) is 37.8 Å². The Labute approximate surface area is 168 Å². The molecule has 3 atom stereocenters. The molecule has 0 aromatic carbocycles. The molecule has 2 aliphatic heterocycles. The number of anilines is 1. The number of pyridine rings is 1. The van der Waals surface area contributed by atoms with E-state index in [9.17, 15) is 9.59 Å². The smallest absolute Gasteiger partial charge is 0.254 e. The molecule has 0 unspecified atom stereocenters. The Kier molecular flexibility index (Phi) is 5.05. The minimum Gasteiger partial charge on any atom is -0.384 e. The van der Waals surface area contributed by atoms with Gasteiger partial charge in [-0.1, -0.05) is 6.92 Å². The van der Waals surface area contributed by atoms with Crippen LogP contribution in [0.25, 0.3) is 0 Å². The molecule has 0 aliphatic carbocycles. The van der Waals surface area contributed by atoms with Crippen LogP contribution in [-0.4, -0.2) is 45.3 Å². The number of nitrogens with zero attached hydrogens (tertiary/aromatic N) is 3. The molecule has 0 radical (unpaired) electrons. The topological polar surface area (TPSA) is 101 Å². The molecule has 0 spiro atoms. The summed E-state index contributed by atoms with van der Waals surface area (Å²) in [6.07, 6.45) is 5.44. The molecule has 7 nitrogen and oxygen atoms in total. The number of hydrogen-bond acceptors (Lipinski definition) is 6. The van der Waals surface area contributed by atoms with Crippen LogP contribution >= 0.6 is 11.3 Å². The van der Waals surface area contributed by atoms with Gasteiger partial charge in [0.25, 0.3) is 5.91 Å². The van der Waals surface area contributed by atoms with Gasteiger partial charge in [0.05, 0.1) is 16.6 Å².